The van der Waals surface area contributed by atoms with Crippen molar-refractivity contribution in [3.05, 3.63) is 0 Å². The molecule has 2 N–H and O–H groups in total. The monoisotopic (exact) mass is 214 g/mol. The van der Waals surface area contributed by atoms with Gasteiger partial charge in [0.1, 0.15) is 6.17 Å². The smallest absolute Gasteiger partial charge is 0.156 e. The van der Waals surface area contributed by atoms with Crippen LogP contribution in [0.5, 0.6) is 0 Å². The molecule has 5 heteroatoms. The molecule has 0 aliphatic heterocycles. The maximum atomic E-state index is 11.5. The Hall–Kier alpha value is -0.970. The van der Waals surface area contributed by atoms with E-state index in [4.69, 9.17) is 5.73 Å². The lowest BCUT2D eigenvalue weighted by molar-refractivity contribution is -0.123. The van der Waals surface area contributed by atoms with Crippen molar-refractivity contribution >= 4 is 5.78 Å². The number of nitrogens with zero attached hydrogens (tertiary/aromatic N) is 3. The second kappa shape index (κ2) is 6.50. The first-order valence-electron chi connectivity index (χ1n) is 5.30. The summed E-state index contributed by atoms with van der Waals surface area (Å²) >= 11 is 0. The van der Waals surface area contributed by atoms with Crippen molar-refractivity contribution in [3.63, 3.8) is 0 Å². The highest BCUT2D eigenvalue weighted by Crippen LogP contribution is 2.04. The van der Waals surface area contributed by atoms with E-state index in [1.54, 1.807) is 11.9 Å². The summed E-state index contributed by atoms with van der Waals surface area (Å²) in [6, 6.07) is 0.148. The summed E-state index contributed by atoms with van der Waals surface area (Å²) in [5.74, 6) is 0.184. The van der Waals surface area contributed by atoms with Gasteiger partial charge in [-0.25, -0.2) is 0 Å². The second-order valence-corrected chi connectivity index (χ2v) is 4.26. The molecule has 15 heavy (non-hydrogen) atoms. The Morgan fingerprint density at radius 1 is 1.27 bits per heavy atom. The summed E-state index contributed by atoms with van der Waals surface area (Å²) < 4.78 is 0. The number of nitrogens with two attached hydrogens (primary N) is 1. The van der Waals surface area contributed by atoms with Crippen LogP contribution in [0.15, 0.2) is 10.3 Å². The molecule has 0 spiro atoms. The van der Waals surface area contributed by atoms with Gasteiger partial charge >= 0.3 is 0 Å². The molecule has 0 radical (unpaired) electrons. The van der Waals surface area contributed by atoms with Gasteiger partial charge in [-0.1, -0.05) is 19.1 Å². The molecule has 0 fully saturated rings. The van der Waals surface area contributed by atoms with Crippen molar-refractivity contribution in [2.75, 3.05) is 6.54 Å². The summed E-state index contributed by atoms with van der Waals surface area (Å²) in [4.78, 5) is 11.5. The molecule has 1 atom stereocenters. The minimum absolute atomic E-state index is 0.0248. The molecule has 1 unspecified atom stereocenters. The molecule has 0 rings (SSSR count). The Morgan fingerprint density at radius 2 is 1.80 bits per heavy atom. The van der Waals surface area contributed by atoms with E-state index in [2.05, 4.69) is 10.3 Å². The lowest BCUT2D eigenvalue weighted by atomic mass is 10.1. The zero-order valence-electron chi connectivity index (χ0n) is 10.3. The molecule has 0 amide bonds. The van der Waals surface area contributed by atoms with Gasteiger partial charge in [0.05, 0.1) is 6.54 Å². The summed E-state index contributed by atoms with van der Waals surface area (Å²) in [6.07, 6.45) is -0.333. The summed E-state index contributed by atoms with van der Waals surface area (Å²) in [6.45, 7) is 9.73. The fourth-order valence-electron chi connectivity index (χ4n) is 0.807. The van der Waals surface area contributed by atoms with E-state index in [1.165, 1.54) is 0 Å². The van der Waals surface area contributed by atoms with E-state index >= 15 is 0 Å². The lowest BCUT2D eigenvalue weighted by Gasteiger charge is -2.22. The third-order valence-electron chi connectivity index (χ3n) is 1.91. The zero-order valence-corrected chi connectivity index (χ0v) is 10.3. The largest absolute Gasteiger partial charge is 0.308 e. The van der Waals surface area contributed by atoms with Gasteiger partial charge in [-0.05, 0) is 20.8 Å². The predicted octanol–water partition coefficient (Wildman–Crippen LogP) is 1.59. The van der Waals surface area contributed by atoms with E-state index < -0.39 is 0 Å². The Balaban J connectivity index is 4.35. The van der Waals surface area contributed by atoms with Gasteiger partial charge in [0.2, 0.25) is 0 Å². The molecule has 0 aromatic carbocycles. The number of hydrogen-bond donors (Lipinski definition) is 1. The van der Waals surface area contributed by atoms with Crippen LogP contribution < -0.4 is 5.73 Å². The van der Waals surface area contributed by atoms with E-state index in [9.17, 15) is 4.79 Å². The van der Waals surface area contributed by atoms with Gasteiger partial charge < -0.3 is 5.73 Å². The summed E-state index contributed by atoms with van der Waals surface area (Å²) in [5, 5.41) is 9.45. The normalized spacial score (nSPS) is 13.9. The maximum absolute atomic E-state index is 11.5. The van der Waals surface area contributed by atoms with Gasteiger partial charge in [0.25, 0.3) is 0 Å². The third-order valence-corrected chi connectivity index (χ3v) is 1.91. The Morgan fingerprint density at radius 3 is 2.13 bits per heavy atom. The summed E-state index contributed by atoms with van der Waals surface area (Å²) in [7, 11) is 0. The van der Waals surface area contributed by atoms with E-state index in [0.717, 1.165) is 0 Å². The van der Waals surface area contributed by atoms with Crippen LogP contribution in [0, 0.1) is 5.92 Å². The van der Waals surface area contributed by atoms with Crippen LogP contribution in [0.2, 0.25) is 0 Å². The van der Waals surface area contributed by atoms with Crippen molar-refractivity contribution in [1.29, 1.82) is 0 Å². The molecule has 5 nitrogen and oxygen atoms in total. The number of hydrogen-bond acceptors (Lipinski definition) is 4. The minimum Gasteiger partial charge on any atom is -0.308 e. The molecule has 88 valence electrons. The highest BCUT2D eigenvalue weighted by molar-refractivity contribution is 5.82. The third kappa shape index (κ3) is 6.17. The fourth-order valence-corrected chi connectivity index (χ4v) is 0.807. The standard InChI is InChI=1S/C10H22N4O/c1-7(2)10(15)6-14(8(3)4)13-12-9(5)11/h7-9H,6,11H2,1-5H3. The molecular weight excluding hydrogens is 192 g/mol. The SMILES string of the molecule is CC(N)N=NN(CC(=O)C(C)C)C(C)C. The molecule has 0 aromatic rings. The first-order chi connectivity index (χ1) is 6.84. The van der Waals surface area contributed by atoms with Crippen molar-refractivity contribution in [2.24, 2.45) is 22.0 Å². The highest BCUT2D eigenvalue weighted by Gasteiger charge is 2.14. The first kappa shape index (κ1) is 14.0. The van der Waals surface area contributed by atoms with Crippen molar-refractivity contribution < 1.29 is 4.79 Å². The van der Waals surface area contributed by atoms with Crippen molar-refractivity contribution in [2.45, 2.75) is 46.8 Å². The number of rotatable bonds is 6. The molecule has 0 saturated carbocycles. The van der Waals surface area contributed by atoms with Gasteiger partial charge in [-0.2, -0.15) is 5.11 Å². The van der Waals surface area contributed by atoms with E-state index in [0.29, 0.717) is 6.54 Å². The van der Waals surface area contributed by atoms with Crippen LogP contribution in [0.4, 0.5) is 0 Å². The van der Waals surface area contributed by atoms with Crippen LogP contribution in [-0.4, -0.2) is 29.5 Å². The number of carbonyl (C=O) groups excluding carboxylic acids is 1. The quantitative estimate of drug-likeness (QED) is 0.539. The Bertz CT molecular complexity index is 223. The first-order valence-corrected chi connectivity index (χ1v) is 5.30. The predicted molar refractivity (Wildman–Crippen MR) is 60.2 cm³/mol. The van der Waals surface area contributed by atoms with Gasteiger partial charge in [-0.15, -0.1) is 0 Å². The van der Waals surface area contributed by atoms with Gasteiger partial charge in [0, 0.05) is 12.0 Å². The van der Waals surface area contributed by atoms with Crippen LogP contribution in [0.25, 0.3) is 0 Å². The lowest BCUT2D eigenvalue weighted by Crippen LogP contribution is -2.33. The Kier molecular flexibility index (Phi) is 6.08. The molecule has 0 aliphatic rings. The summed E-state index contributed by atoms with van der Waals surface area (Å²) in [5.41, 5.74) is 5.46. The number of carbonyl (C=O) groups is 1. The van der Waals surface area contributed by atoms with Crippen LogP contribution in [0.3, 0.4) is 0 Å². The van der Waals surface area contributed by atoms with E-state index in [1.807, 2.05) is 27.7 Å². The maximum Gasteiger partial charge on any atom is 0.156 e. The number of Topliss-reactive ketones (excluding diaryl/α,β-unsaturated/α-hetero) is 1. The molecule has 0 heterocycles. The molecule has 0 aliphatic carbocycles. The number of ketones is 1. The second-order valence-electron chi connectivity index (χ2n) is 4.26. The van der Waals surface area contributed by atoms with Crippen LogP contribution in [0.1, 0.15) is 34.6 Å². The molecule has 0 saturated heterocycles. The average Bonchev–Trinajstić information content (AvgIpc) is 2.10. The average molecular weight is 214 g/mol. The van der Waals surface area contributed by atoms with Gasteiger partial charge in [0.15, 0.2) is 5.78 Å². The van der Waals surface area contributed by atoms with Gasteiger partial charge in [-0.3, -0.25) is 9.80 Å². The Labute approximate surface area is 91.7 Å². The minimum atomic E-state index is -0.333. The zero-order chi connectivity index (χ0) is 12.0. The fraction of sp³-hybridized carbons (Fsp3) is 0.900. The topological polar surface area (TPSA) is 71.0 Å². The molecular formula is C10H22N4O. The van der Waals surface area contributed by atoms with Crippen LogP contribution >= 0.6 is 0 Å². The van der Waals surface area contributed by atoms with Crippen LogP contribution in [-0.2, 0) is 4.79 Å². The molecule has 0 bridgehead atoms. The van der Waals surface area contributed by atoms with Crippen molar-refractivity contribution in [3.8, 4) is 0 Å². The van der Waals surface area contributed by atoms with E-state index in [-0.39, 0.29) is 23.9 Å². The van der Waals surface area contributed by atoms with Crippen molar-refractivity contribution in [1.82, 2.24) is 5.01 Å². The molecule has 0 aromatic heterocycles. The highest BCUT2D eigenvalue weighted by atomic mass is 16.1.